The number of para-hydroxylation sites is 2. The Hall–Kier alpha value is -3.21. The standard InChI is InChI=1S/C20H15F2NO2/c21-20(22)25-18-9-5-4-8-17(18)23-19(24)16-12-10-15(11-13-16)14-6-2-1-3-7-14/h1-13,20H,(H,23,24). The third kappa shape index (κ3) is 4.20. The van der Waals surface area contributed by atoms with Crippen LogP contribution in [0.15, 0.2) is 78.9 Å². The number of hydrogen-bond acceptors (Lipinski definition) is 2. The molecule has 1 amide bonds. The summed E-state index contributed by atoms with van der Waals surface area (Å²) in [5.74, 6) is -0.475. The van der Waals surface area contributed by atoms with Crippen molar-refractivity contribution in [3.63, 3.8) is 0 Å². The van der Waals surface area contributed by atoms with Crippen LogP contribution >= 0.6 is 0 Å². The lowest BCUT2D eigenvalue weighted by atomic mass is 10.0. The molecule has 0 aliphatic carbocycles. The molecule has 5 heteroatoms. The van der Waals surface area contributed by atoms with Crippen molar-refractivity contribution >= 4 is 11.6 Å². The van der Waals surface area contributed by atoms with Crippen LogP contribution < -0.4 is 10.1 Å². The minimum absolute atomic E-state index is 0.0771. The zero-order valence-electron chi connectivity index (χ0n) is 13.2. The smallest absolute Gasteiger partial charge is 0.387 e. The van der Waals surface area contributed by atoms with E-state index < -0.39 is 12.5 Å². The van der Waals surface area contributed by atoms with Crippen molar-refractivity contribution in [2.45, 2.75) is 6.61 Å². The molecule has 0 saturated carbocycles. The highest BCUT2D eigenvalue weighted by Gasteiger charge is 2.12. The minimum Gasteiger partial charge on any atom is -0.433 e. The van der Waals surface area contributed by atoms with E-state index in [1.807, 2.05) is 42.5 Å². The van der Waals surface area contributed by atoms with E-state index in [-0.39, 0.29) is 11.4 Å². The van der Waals surface area contributed by atoms with Gasteiger partial charge in [-0.05, 0) is 35.4 Å². The van der Waals surface area contributed by atoms with E-state index in [0.717, 1.165) is 11.1 Å². The topological polar surface area (TPSA) is 38.3 Å². The van der Waals surface area contributed by atoms with Gasteiger partial charge in [0.1, 0.15) is 5.75 Å². The Morgan fingerprint density at radius 3 is 2.08 bits per heavy atom. The van der Waals surface area contributed by atoms with E-state index >= 15 is 0 Å². The van der Waals surface area contributed by atoms with Gasteiger partial charge >= 0.3 is 6.61 Å². The second-order valence-corrected chi connectivity index (χ2v) is 5.27. The van der Waals surface area contributed by atoms with E-state index in [9.17, 15) is 13.6 Å². The summed E-state index contributed by atoms with van der Waals surface area (Å²) in [4.78, 5) is 12.3. The van der Waals surface area contributed by atoms with Gasteiger partial charge in [-0.2, -0.15) is 8.78 Å². The van der Waals surface area contributed by atoms with E-state index in [4.69, 9.17) is 0 Å². The van der Waals surface area contributed by atoms with Crippen LogP contribution in [0.4, 0.5) is 14.5 Å². The predicted octanol–water partition coefficient (Wildman–Crippen LogP) is 5.21. The summed E-state index contributed by atoms with van der Waals surface area (Å²) in [7, 11) is 0. The largest absolute Gasteiger partial charge is 0.433 e. The number of ether oxygens (including phenoxy) is 1. The van der Waals surface area contributed by atoms with Crippen LogP contribution in [-0.4, -0.2) is 12.5 Å². The van der Waals surface area contributed by atoms with Crippen LogP contribution in [0.2, 0.25) is 0 Å². The Morgan fingerprint density at radius 1 is 0.800 bits per heavy atom. The van der Waals surface area contributed by atoms with Gasteiger partial charge in [0.15, 0.2) is 0 Å². The van der Waals surface area contributed by atoms with E-state index in [2.05, 4.69) is 10.1 Å². The maximum Gasteiger partial charge on any atom is 0.387 e. The number of hydrogen-bond donors (Lipinski definition) is 1. The molecule has 0 aromatic heterocycles. The van der Waals surface area contributed by atoms with Gasteiger partial charge in [0.05, 0.1) is 5.69 Å². The van der Waals surface area contributed by atoms with Crippen molar-refractivity contribution in [1.29, 1.82) is 0 Å². The Balaban J connectivity index is 1.76. The SMILES string of the molecule is O=C(Nc1ccccc1OC(F)F)c1ccc(-c2ccccc2)cc1. The van der Waals surface area contributed by atoms with Crippen LogP contribution in [0.25, 0.3) is 11.1 Å². The second kappa shape index (κ2) is 7.57. The van der Waals surface area contributed by atoms with E-state index in [1.54, 1.807) is 24.3 Å². The molecule has 0 atom stereocenters. The Morgan fingerprint density at radius 2 is 1.40 bits per heavy atom. The lowest BCUT2D eigenvalue weighted by molar-refractivity contribution is -0.0493. The van der Waals surface area contributed by atoms with Crippen molar-refractivity contribution in [3.05, 3.63) is 84.4 Å². The number of rotatable bonds is 5. The summed E-state index contributed by atoms with van der Waals surface area (Å²) in [6.07, 6.45) is 0. The van der Waals surface area contributed by atoms with Gasteiger partial charge in [-0.1, -0.05) is 54.6 Å². The summed E-state index contributed by atoms with van der Waals surface area (Å²) in [5.41, 5.74) is 2.65. The Bertz CT molecular complexity index is 849. The maximum atomic E-state index is 12.4. The quantitative estimate of drug-likeness (QED) is 0.693. The Labute approximate surface area is 143 Å². The zero-order chi connectivity index (χ0) is 17.6. The molecule has 1 N–H and O–H groups in total. The molecule has 0 radical (unpaired) electrons. The zero-order valence-corrected chi connectivity index (χ0v) is 13.2. The number of carbonyl (C=O) groups is 1. The molecule has 126 valence electrons. The highest BCUT2D eigenvalue weighted by Crippen LogP contribution is 2.26. The fraction of sp³-hybridized carbons (Fsp3) is 0.0500. The van der Waals surface area contributed by atoms with Gasteiger partial charge in [0.25, 0.3) is 5.91 Å². The molecule has 0 unspecified atom stereocenters. The van der Waals surface area contributed by atoms with Gasteiger partial charge in [-0.25, -0.2) is 0 Å². The molecule has 25 heavy (non-hydrogen) atoms. The third-order valence-corrected chi connectivity index (χ3v) is 3.61. The summed E-state index contributed by atoms with van der Waals surface area (Å²) in [6, 6.07) is 22.9. The molecular formula is C20H15F2NO2. The minimum atomic E-state index is -2.96. The summed E-state index contributed by atoms with van der Waals surface area (Å²) in [5, 5.41) is 2.59. The van der Waals surface area contributed by atoms with E-state index in [0.29, 0.717) is 5.56 Å². The number of halogens is 2. The summed E-state index contributed by atoms with van der Waals surface area (Å²) >= 11 is 0. The molecule has 3 aromatic rings. The van der Waals surface area contributed by atoms with Crippen LogP contribution in [0.5, 0.6) is 5.75 Å². The molecule has 0 spiro atoms. The predicted molar refractivity (Wildman–Crippen MR) is 92.9 cm³/mol. The molecule has 3 rings (SSSR count). The van der Waals surface area contributed by atoms with Crippen molar-refractivity contribution in [2.75, 3.05) is 5.32 Å². The third-order valence-electron chi connectivity index (χ3n) is 3.61. The number of benzene rings is 3. The van der Waals surface area contributed by atoms with Gasteiger partial charge < -0.3 is 10.1 Å². The highest BCUT2D eigenvalue weighted by atomic mass is 19.3. The molecule has 0 aliphatic heterocycles. The highest BCUT2D eigenvalue weighted by molar-refractivity contribution is 6.05. The number of anilines is 1. The molecule has 3 aromatic carbocycles. The van der Waals surface area contributed by atoms with Crippen LogP contribution in [0, 0.1) is 0 Å². The molecule has 0 aliphatic rings. The number of carbonyl (C=O) groups excluding carboxylic acids is 1. The Kier molecular flexibility index (Phi) is 5.04. The summed E-state index contributed by atoms with van der Waals surface area (Å²) in [6.45, 7) is -2.96. The fourth-order valence-electron chi connectivity index (χ4n) is 2.41. The van der Waals surface area contributed by atoms with Gasteiger partial charge in [-0.15, -0.1) is 0 Å². The lowest BCUT2D eigenvalue weighted by Crippen LogP contribution is -2.13. The average Bonchev–Trinajstić information content (AvgIpc) is 2.64. The van der Waals surface area contributed by atoms with Crippen molar-refractivity contribution in [1.82, 2.24) is 0 Å². The molecule has 0 heterocycles. The van der Waals surface area contributed by atoms with Crippen molar-refractivity contribution in [2.24, 2.45) is 0 Å². The normalized spacial score (nSPS) is 10.5. The molecule has 0 fully saturated rings. The first-order chi connectivity index (χ1) is 12.1. The number of alkyl halides is 2. The van der Waals surface area contributed by atoms with Crippen LogP contribution in [0.1, 0.15) is 10.4 Å². The molecule has 0 saturated heterocycles. The average molecular weight is 339 g/mol. The van der Waals surface area contributed by atoms with Gasteiger partial charge in [0, 0.05) is 5.56 Å². The number of nitrogens with one attached hydrogen (secondary N) is 1. The van der Waals surface area contributed by atoms with Gasteiger partial charge in [0.2, 0.25) is 0 Å². The van der Waals surface area contributed by atoms with Gasteiger partial charge in [-0.3, -0.25) is 4.79 Å². The van der Waals surface area contributed by atoms with E-state index in [1.165, 1.54) is 12.1 Å². The van der Waals surface area contributed by atoms with Crippen LogP contribution in [0.3, 0.4) is 0 Å². The molecule has 0 bridgehead atoms. The summed E-state index contributed by atoms with van der Waals surface area (Å²) < 4.78 is 29.3. The second-order valence-electron chi connectivity index (χ2n) is 5.27. The first-order valence-corrected chi connectivity index (χ1v) is 7.64. The number of amides is 1. The first kappa shape index (κ1) is 16.6. The first-order valence-electron chi connectivity index (χ1n) is 7.64. The fourth-order valence-corrected chi connectivity index (χ4v) is 2.41. The van der Waals surface area contributed by atoms with Crippen molar-refractivity contribution in [3.8, 4) is 16.9 Å². The van der Waals surface area contributed by atoms with Crippen molar-refractivity contribution < 1.29 is 18.3 Å². The maximum absolute atomic E-state index is 12.4. The lowest BCUT2D eigenvalue weighted by Gasteiger charge is -2.12. The van der Waals surface area contributed by atoms with Crippen LogP contribution in [-0.2, 0) is 0 Å². The molecule has 3 nitrogen and oxygen atoms in total. The molecular weight excluding hydrogens is 324 g/mol. The monoisotopic (exact) mass is 339 g/mol.